The van der Waals surface area contributed by atoms with Gasteiger partial charge in [0, 0.05) is 11.5 Å². The van der Waals surface area contributed by atoms with Gasteiger partial charge in [0.2, 0.25) is 6.79 Å². The van der Waals surface area contributed by atoms with Gasteiger partial charge in [-0.1, -0.05) is 32.1 Å². The molecule has 206 valence electrons. The molecule has 1 aromatic carbocycles. The van der Waals surface area contributed by atoms with Gasteiger partial charge in [0.05, 0.1) is 25.2 Å². The minimum absolute atomic E-state index is 0.0244. The van der Waals surface area contributed by atoms with Gasteiger partial charge in [-0.15, -0.1) is 0 Å². The number of hydrogen-bond donors (Lipinski definition) is 2. The highest BCUT2D eigenvalue weighted by Crippen LogP contribution is 2.62. The van der Waals surface area contributed by atoms with Crippen molar-refractivity contribution in [2.24, 2.45) is 28.6 Å². The van der Waals surface area contributed by atoms with E-state index in [0.717, 1.165) is 30.4 Å². The molecule has 0 amide bonds. The highest BCUT2D eigenvalue weighted by molar-refractivity contribution is 5.87. The van der Waals surface area contributed by atoms with Crippen LogP contribution in [0.5, 0.6) is 11.5 Å². The van der Waals surface area contributed by atoms with Crippen LogP contribution in [0.15, 0.2) is 36.4 Å². The zero-order chi connectivity index (χ0) is 27.1. The average molecular weight is 527 g/mol. The third-order valence-corrected chi connectivity index (χ3v) is 9.66. The number of hydrogen-bond acceptors (Lipinski definition) is 8. The summed E-state index contributed by atoms with van der Waals surface area (Å²) in [7, 11) is 0. The monoisotopic (exact) mass is 526 g/mol. The van der Waals surface area contributed by atoms with Crippen LogP contribution in [-0.2, 0) is 19.1 Å². The van der Waals surface area contributed by atoms with Gasteiger partial charge in [0.15, 0.2) is 11.5 Å². The van der Waals surface area contributed by atoms with Gasteiger partial charge in [0.25, 0.3) is 0 Å². The lowest BCUT2D eigenvalue weighted by Crippen LogP contribution is -2.58. The van der Waals surface area contributed by atoms with Gasteiger partial charge in [-0.05, 0) is 79.5 Å². The van der Waals surface area contributed by atoms with Gasteiger partial charge in [-0.2, -0.15) is 0 Å². The first-order valence-electron chi connectivity index (χ1n) is 13.6. The zero-order valence-electron chi connectivity index (χ0n) is 22.2. The molecule has 8 heteroatoms. The molecule has 0 aromatic heterocycles. The number of ether oxygens (including phenoxy) is 4. The standard InChI is InChI=1S/C30H38O8/c1-18-4-8-25-29(2,12-10-26(32)30(25,3)16-31)21(18)15-23(20-11-13-35-28(20)34)38-27(33)9-6-19-5-7-22-24(14-19)37-17-36-22/h5-7,9,14,20-21,23,25-26,31-32H,1,4,8,10-13,15-17H2,2-3H3/b9-6+/t20?,21-,23?,25+,26-,29+,30+/m1/s1. The second-order valence-corrected chi connectivity index (χ2v) is 11.7. The van der Waals surface area contributed by atoms with Crippen LogP contribution < -0.4 is 9.47 Å². The maximum atomic E-state index is 13.0. The number of cyclic esters (lactones) is 1. The largest absolute Gasteiger partial charge is 0.465 e. The Balaban J connectivity index is 1.36. The maximum absolute atomic E-state index is 13.0. The van der Waals surface area contributed by atoms with E-state index in [2.05, 4.69) is 13.5 Å². The van der Waals surface area contributed by atoms with E-state index < -0.39 is 29.5 Å². The molecular formula is C30H38O8. The Bertz CT molecular complexity index is 1130. The number of benzene rings is 1. The number of fused-ring (bicyclic) bond motifs is 2. The third kappa shape index (κ3) is 4.73. The Morgan fingerprint density at radius 3 is 2.74 bits per heavy atom. The van der Waals surface area contributed by atoms with Gasteiger partial charge in [-0.25, -0.2) is 4.79 Å². The molecule has 2 heterocycles. The normalized spacial score (nSPS) is 35.2. The molecule has 2 saturated carbocycles. The van der Waals surface area contributed by atoms with E-state index in [1.165, 1.54) is 6.08 Å². The van der Waals surface area contributed by atoms with E-state index in [9.17, 15) is 19.8 Å². The molecule has 1 saturated heterocycles. The molecule has 5 rings (SSSR count). The van der Waals surface area contributed by atoms with Crippen molar-refractivity contribution in [2.75, 3.05) is 20.0 Å². The van der Waals surface area contributed by atoms with Crippen LogP contribution in [0, 0.1) is 28.6 Å². The molecule has 8 nitrogen and oxygen atoms in total. The number of aliphatic hydroxyl groups excluding tert-OH is 2. The number of rotatable bonds is 7. The summed E-state index contributed by atoms with van der Waals surface area (Å²) < 4.78 is 22.0. The molecule has 2 N–H and O–H groups in total. The summed E-state index contributed by atoms with van der Waals surface area (Å²) >= 11 is 0. The second kappa shape index (κ2) is 10.4. The first-order chi connectivity index (χ1) is 18.2. The number of aliphatic hydroxyl groups is 2. The van der Waals surface area contributed by atoms with E-state index in [0.29, 0.717) is 37.4 Å². The molecule has 0 spiro atoms. The van der Waals surface area contributed by atoms with Crippen LogP contribution >= 0.6 is 0 Å². The van der Waals surface area contributed by atoms with Crippen LogP contribution in [0.25, 0.3) is 6.08 Å². The molecular weight excluding hydrogens is 488 g/mol. The highest BCUT2D eigenvalue weighted by atomic mass is 16.7. The van der Waals surface area contributed by atoms with E-state index >= 15 is 0 Å². The third-order valence-electron chi connectivity index (χ3n) is 9.66. The van der Waals surface area contributed by atoms with Gasteiger partial charge >= 0.3 is 11.9 Å². The number of allylic oxidation sites excluding steroid dienone is 1. The maximum Gasteiger partial charge on any atom is 0.331 e. The van der Waals surface area contributed by atoms with Crippen molar-refractivity contribution >= 4 is 18.0 Å². The topological polar surface area (TPSA) is 112 Å². The van der Waals surface area contributed by atoms with E-state index in [4.69, 9.17) is 18.9 Å². The number of carbonyl (C=O) groups excluding carboxylic acids is 2. The fourth-order valence-corrected chi connectivity index (χ4v) is 7.38. The van der Waals surface area contributed by atoms with Crippen molar-refractivity contribution in [3.63, 3.8) is 0 Å². The van der Waals surface area contributed by atoms with Crippen molar-refractivity contribution in [2.45, 2.75) is 64.6 Å². The summed E-state index contributed by atoms with van der Waals surface area (Å²) in [4.78, 5) is 25.6. The van der Waals surface area contributed by atoms with E-state index in [-0.39, 0.29) is 36.6 Å². The Morgan fingerprint density at radius 1 is 1.21 bits per heavy atom. The van der Waals surface area contributed by atoms with Crippen LogP contribution in [0.2, 0.25) is 0 Å². The molecule has 3 fully saturated rings. The molecule has 1 aromatic rings. The summed E-state index contributed by atoms with van der Waals surface area (Å²) in [6, 6.07) is 5.41. The molecule has 7 atom stereocenters. The predicted octanol–water partition coefficient (Wildman–Crippen LogP) is 4.04. The molecule has 0 bridgehead atoms. The predicted molar refractivity (Wildman–Crippen MR) is 139 cm³/mol. The van der Waals surface area contributed by atoms with Crippen LogP contribution in [0.3, 0.4) is 0 Å². The van der Waals surface area contributed by atoms with Crippen molar-refractivity contribution in [1.82, 2.24) is 0 Å². The zero-order valence-corrected chi connectivity index (χ0v) is 22.2. The lowest BCUT2D eigenvalue weighted by Gasteiger charge is -2.60. The van der Waals surface area contributed by atoms with Crippen molar-refractivity contribution in [3.05, 3.63) is 42.0 Å². The molecule has 2 unspecified atom stereocenters. The molecule has 2 aliphatic carbocycles. The van der Waals surface area contributed by atoms with E-state index in [1.807, 2.05) is 13.0 Å². The SMILES string of the molecule is C=C1CC[C@@H]2[C@](C)(CO)[C@H](O)CC[C@@]2(C)[C@@H]1CC(OC(=O)/C=C/c1ccc2c(c1)OCO2)C1CCOC1=O. The van der Waals surface area contributed by atoms with Crippen molar-refractivity contribution in [3.8, 4) is 11.5 Å². The number of esters is 2. The molecule has 2 aliphatic heterocycles. The summed E-state index contributed by atoms with van der Waals surface area (Å²) in [5.74, 6) is -0.0665. The van der Waals surface area contributed by atoms with Crippen LogP contribution in [-0.4, -0.2) is 54.4 Å². The van der Waals surface area contributed by atoms with Gasteiger partial charge in [0.1, 0.15) is 6.10 Å². The highest BCUT2D eigenvalue weighted by Gasteiger charge is 2.58. The minimum atomic E-state index is -0.663. The lowest BCUT2D eigenvalue weighted by molar-refractivity contribution is -0.164. The minimum Gasteiger partial charge on any atom is -0.465 e. The van der Waals surface area contributed by atoms with Gasteiger partial charge < -0.3 is 29.2 Å². The fourth-order valence-electron chi connectivity index (χ4n) is 7.38. The summed E-state index contributed by atoms with van der Waals surface area (Å²) in [5, 5.41) is 21.1. The van der Waals surface area contributed by atoms with Crippen molar-refractivity contribution in [1.29, 1.82) is 0 Å². The molecule has 38 heavy (non-hydrogen) atoms. The van der Waals surface area contributed by atoms with Crippen LogP contribution in [0.4, 0.5) is 0 Å². The summed E-state index contributed by atoms with van der Waals surface area (Å²) in [5.41, 5.74) is 0.978. The van der Waals surface area contributed by atoms with E-state index in [1.54, 1.807) is 18.2 Å². The summed E-state index contributed by atoms with van der Waals surface area (Å²) in [6.45, 7) is 8.96. The molecule has 0 radical (unpaired) electrons. The fraction of sp³-hybridized carbons (Fsp3) is 0.600. The summed E-state index contributed by atoms with van der Waals surface area (Å²) in [6.07, 6.45) is 5.70. The van der Waals surface area contributed by atoms with Gasteiger partial charge in [-0.3, -0.25) is 4.79 Å². The first kappa shape index (κ1) is 26.8. The second-order valence-electron chi connectivity index (χ2n) is 11.7. The number of carbonyl (C=O) groups is 2. The average Bonchev–Trinajstić information content (AvgIpc) is 3.55. The lowest BCUT2D eigenvalue weighted by atomic mass is 9.46. The van der Waals surface area contributed by atoms with Crippen molar-refractivity contribution < 1.29 is 38.7 Å². The Labute approximate surface area is 223 Å². The van der Waals surface area contributed by atoms with Crippen LogP contribution in [0.1, 0.15) is 57.9 Å². The molecule has 4 aliphatic rings. The quantitative estimate of drug-likeness (QED) is 0.311. The smallest absolute Gasteiger partial charge is 0.331 e. The Kier molecular flexibility index (Phi) is 7.31. The Morgan fingerprint density at radius 2 is 2.00 bits per heavy atom. The Hall–Kier alpha value is -2.84. The first-order valence-corrected chi connectivity index (χ1v) is 13.6.